The molecule has 2 N–H and O–H groups in total. The molecule has 1 aliphatic carbocycles. The highest BCUT2D eigenvalue weighted by atomic mass is 35.5. The number of nitrogens with zero attached hydrogens (tertiary/aromatic N) is 1. The molecule has 1 aliphatic rings. The van der Waals surface area contributed by atoms with Gasteiger partial charge in [-0.15, -0.1) is 0 Å². The van der Waals surface area contributed by atoms with Crippen LogP contribution < -0.4 is 5.73 Å². The van der Waals surface area contributed by atoms with Crippen molar-refractivity contribution in [2.24, 2.45) is 11.7 Å². The Morgan fingerprint density at radius 3 is 2.87 bits per heavy atom. The molecule has 0 unspecified atom stereocenters. The molecule has 2 rings (SSSR count). The van der Waals surface area contributed by atoms with Gasteiger partial charge < -0.3 is 5.73 Å². The average molecular weight is 227 g/mol. The molecule has 1 fully saturated rings. The van der Waals surface area contributed by atoms with E-state index in [0.29, 0.717) is 23.4 Å². The second-order valence-electron chi connectivity index (χ2n) is 3.80. The van der Waals surface area contributed by atoms with Crippen molar-refractivity contribution >= 4 is 17.3 Å². The first-order valence-electron chi connectivity index (χ1n) is 4.77. The fraction of sp³-hybridized carbons (Fsp3) is 0.400. The van der Waals surface area contributed by atoms with Crippen molar-refractivity contribution in [3.63, 3.8) is 0 Å². The lowest BCUT2D eigenvalue weighted by atomic mass is 10.1. The lowest BCUT2D eigenvalue weighted by molar-refractivity contribution is -0.384. The van der Waals surface area contributed by atoms with Crippen molar-refractivity contribution in [3.05, 3.63) is 38.9 Å². The average Bonchev–Trinajstić information content (AvgIpc) is 2.97. The number of non-ortho nitro benzene ring substituents is 1. The van der Waals surface area contributed by atoms with Gasteiger partial charge in [0.15, 0.2) is 0 Å². The Hall–Kier alpha value is -1.13. The fourth-order valence-corrected chi connectivity index (χ4v) is 2.08. The highest BCUT2D eigenvalue weighted by Gasteiger charge is 2.38. The van der Waals surface area contributed by atoms with Crippen molar-refractivity contribution in [2.75, 3.05) is 6.54 Å². The van der Waals surface area contributed by atoms with E-state index in [0.717, 1.165) is 12.0 Å². The predicted molar refractivity (Wildman–Crippen MR) is 58.0 cm³/mol. The quantitative estimate of drug-likeness (QED) is 0.635. The molecule has 0 spiro atoms. The second kappa shape index (κ2) is 3.79. The van der Waals surface area contributed by atoms with Crippen LogP contribution in [0.1, 0.15) is 17.9 Å². The molecule has 15 heavy (non-hydrogen) atoms. The smallest absolute Gasteiger partial charge is 0.269 e. The third-order valence-corrected chi connectivity index (χ3v) is 3.16. The Morgan fingerprint density at radius 1 is 1.60 bits per heavy atom. The van der Waals surface area contributed by atoms with Crippen LogP contribution >= 0.6 is 11.6 Å². The minimum atomic E-state index is -0.403. The van der Waals surface area contributed by atoms with E-state index >= 15 is 0 Å². The van der Waals surface area contributed by atoms with E-state index in [1.807, 2.05) is 0 Å². The largest absolute Gasteiger partial charge is 0.330 e. The number of halogens is 1. The number of nitro benzene ring substituents is 1. The summed E-state index contributed by atoms with van der Waals surface area (Å²) in [5, 5.41) is 11.2. The summed E-state index contributed by atoms with van der Waals surface area (Å²) in [5.74, 6) is 0.743. The van der Waals surface area contributed by atoms with Crippen LogP contribution in [0.15, 0.2) is 18.2 Å². The maximum atomic E-state index is 10.6. The molecule has 4 nitrogen and oxygen atoms in total. The van der Waals surface area contributed by atoms with E-state index in [4.69, 9.17) is 17.3 Å². The van der Waals surface area contributed by atoms with Gasteiger partial charge in [0.1, 0.15) is 0 Å². The van der Waals surface area contributed by atoms with Crippen LogP contribution in [0.25, 0.3) is 0 Å². The molecule has 0 heterocycles. The van der Waals surface area contributed by atoms with Gasteiger partial charge in [0.05, 0.1) is 4.92 Å². The summed E-state index contributed by atoms with van der Waals surface area (Å²) in [7, 11) is 0. The highest BCUT2D eigenvalue weighted by molar-refractivity contribution is 6.31. The van der Waals surface area contributed by atoms with Crippen LogP contribution in [0.5, 0.6) is 0 Å². The van der Waals surface area contributed by atoms with Gasteiger partial charge in [-0.05, 0) is 36.4 Å². The van der Waals surface area contributed by atoms with E-state index < -0.39 is 4.92 Å². The van der Waals surface area contributed by atoms with E-state index in [1.54, 1.807) is 12.1 Å². The third kappa shape index (κ3) is 1.96. The Labute approximate surface area is 92.2 Å². The van der Waals surface area contributed by atoms with E-state index in [9.17, 15) is 10.1 Å². The molecule has 0 amide bonds. The zero-order valence-electron chi connectivity index (χ0n) is 8.02. The number of rotatable bonds is 3. The topological polar surface area (TPSA) is 69.2 Å². The van der Waals surface area contributed by atoms with Gasteiger partial charge in [0, 0.05) is 17.2 Å². The first kappa shape index (κ1) is 10.4. The van der Waals surface area contributed by atoms with Crippen molar-refractivity contribution in [2.45, 2.75) is 12.3 Å². The van der Waals surface area contributed by atoms with Gasteiger partial charge in [0.25, 0.3) is 5.69 Å². The second-order valence-corrected chi connectivity index (χ2v) is 4.21. The van der Waals surface area contributed by atoms with Gasteiger partial charge >= 0.3 is 0 Å². The third-order valence-electron chi connectivity index (χ3n) is 2.82. The highest BCUT2D eigenvalue weighted by Crippen LogP contribution is 2.49. The summed E-state index contributed by atoms with van der Waals surface area (Å²) < 4.78 is 0. The lowest BCUT2D eigenvalue weighted by Gasteiger charge is -2.02. The minimum absolute atomic E-state index is 0.0945. The monoisotopic (exact) mass is 226 g/mol. The van der Waals surface area contributed by atoms with Gasteiger partial charge in [-0.25, -0.2) is 0 Å². The summed E-state index contributed by atoms with van der Waals surface area (Å²) in [6.07, 6.45) is 0.984. The molecule has 0 aliphatic heterocycles. The molecule has 1 saturated carbocycles. The van der Waals surface area contributed by atoms with E-state index in [1.165, 1.54) is 6.07 Å². The molecule has 0 saturated heterocycles. The molecule has 0 bridgehead atoms. The number of nitrogens with two attached hydrogens (primary N) is 1. The Bertz CT molecular complexity index is 408. The first-order chi connectivity index (χ1) is 7.13. The van der Waals surface area contributed by atoms with Crippen LogP contribution in [0.2, 0.25) is 5.02 Å². The molecular formula is C10H11ClN2O2. The van der Waals surface area contributed by atoms with Crippen molar-refractivity contribution in [1.82, 2.24) is 0 Å². The van der Waals surface area contributed by atoms with Gasteiger partial charge in [0.2, 0.25) is 0 Å². The van der Waals surface area contributed by atoms with Crippen molar-refractivity contribution in [3.8, 4) is 0 Å². The number of benzene rings is 1. The number of hydrogen-bond acceptors (Lipinski definition) is 3. The molecule has 0 aromatic heterocycles. The molecule has 5 heteroatoms. The van der Waals surface area contributed by atoms with Gasteiger partial charge in [-0.3, -0.25) is 10.1 Å². The van der Waals surface area contributed by atoms with Gasteiger partial charge in [-0.1, -0.05) is 11.6 Å². The number of nitro groups is 1. The van der Waals surface area contributed by atoms with Crippen molar-refractivity contribution < 1.29 is 4.92 Å². The van der Waals surface area contributed by atoms with E-state index in [2.05, 4.69) is 0 Å². The van der Waals surface area contributed by atoms with Crippen molar-refractivity contribution in [1.29, 1.82) is 0 Å². The number of hydrogen-bond donors (Lipinski definition) is 1. The normalized spacial score (nSPS) is 23.9. The fourth-order valence-electron chi connectivity index (χ4n) is 1.82. The van der Waals surface area contributed by atoms with Crippen LogP contribution in [0.4, 0.5) is 5.69 Å². The zero-order chi connectivity index (χ0) is 11.0. The summed E-state index contributed by atoms with van der Waals surface area (Å²) in [4.78, 5) is 10.2. The SMILES string of the molecule is NC[C@@H]1C[C@H]1c1cc([N+](=O)[O-])ccc1Cl. The summed E-state index contributed by atoms with van der Waals surface area (Å²) in [5.41, 5.74) is 6.49. The molecule has 80 valence electrons. The minimum Gasteiger partial charge on any atom is -0.330 e. The molecule has 1 aromatic rings. The van der Waals surface area contributed by atoms with Crippen LogP contribution in [0.3, 0.4) is 0 Å². The maximum Gasteiger partial charge on any atom is 0.269 e. The summed E-state index contributed by atoms with van der Waals surface area (Å²) >= 11 is 5.99. The standard InChI is InChI=1S/C10H11ClN2O2/c11-10-2-1-7(13(14)15)4-9(10)8-3-6(8)5-12/h1-2,4,6,8H,3,5,12H2/t6-,8+/m0/s1. The zero-order valence-corrected chi connectivity index (χ0v) is 8.78. The molecule has 1 aromatic carbocycles. The first-order valence-corrected chi connectivity index (χ1v) is 5.15. The molecule has 2 atom stereocenters. The maximum absolute atomic E-state index is 10.6. The van der Waals surface area contributed by atoms with E-state index in [-0.39, 0.29) is 5.69 Å². The van der Waals surface area contributed by atoms with Crippen LogP contribution in [-0.2, 0) is 0 Å². The Morgan fingerprint density at radius 2 is 2.33 bits per heavy atom. The Balaban J connectivity index is 2.30. The Kier molecular flexibility index (Phi) is 2.63. The van der Waals surface area contributed by atoms with Crippen LogP contribution in [0, 0.1) is 16.0 Å². The summed E-state index contributed by atoms with van der Waals surface area (Å²) in [6, 6.07) is 4.56. The molecular weight excluding hydrogens is 216 g/mol. The predicted octanol–water partition coefficient (Wildman–Crippen LogP) is 2.31. The summed E-state index contributed by atoms with van der Waals surface area (Å²) in [6.45, 7) is 0.615. The lowest BCUT2D eigenvalue weighted by Crippen LogP contribution is -2.02. The molecule has 0 radical (unpaired) electrons. The van der Waals surface area contributed by atoms with Gasteiger partial charge in [-0.2, -0.15) is 0 Å². The van der Waals surface area contributed by atoms with Crippen LogP contribution in [-0.4, -0.2) is 11.5 Å².